The van der Waals surface area contributed by atoms with Gasteiger partial charge >= 0.3 is 5.97 Å². The molecule has 2 aromatic carbocycles. The van der Waals surface area contributed by atoms with Gasteiger partial charge < -0.3 is 9.64 Å². The predicted octanol–water partition coefficient (Wildman–Crippen LogP) is 4.39. The van der Waals surface area contributed by atoms with Crippen molar-refractivity contribution in [2.75, 3.05) is 25.6 Å². The monoisotopic (exact) mass is 603 g/mol. The topological polar surface area (TPSA) is 63.9 Å². The summed E-state index contributed by atoms with van der Waals surface area (Å²) in [5.74, 6) is -0.464. The highest BCUT2D eigenvalue weighted by Crippen LogP contribution is 2.31. The first-order chi connectivity index (χ1) is 16.2. The molecule has 1 aliphatic rings. The number of anilines is 1. The minimum Gasteiger partial charge on any atom is -0.463 e. The number of rotatable bonds is 5. The van der Waals surface area contributed by atoms with Crippen molar-refractivity contribution < 1.29 is 9.53 Å². The maximum atomic E-state index is 13.6. The van der Waals surface area contributed by atoms with Crippen LogP contribution in [0.4, 0.5) is 5.69 Å². The third-order valence-electron chi connectivity index (χ3n) is 5.45. The van der Waals surface area contributed by atoms with Crippen LogP contribution < -0.4 is 19.8 Å². The lowest BCUT2D eigenvalue weighted by Gasteiger charge is -2.24. The second-order valence-electron chi connectivity index (χ2n) is 7.96. The molecular weight excluding hydrogens is 582 g/mol. The number of benzene rings is 2. The smallest absolute Gasteiger partial charge is 0.338 e. The van der Waals surface area contributed by atoms with Gasteiger partial charge in [-0.15, -0.1) is 0 Å². The number of aromatic nitrogens is 1. The number of hydrogen-bond donors (Lipinski definition) is 0. The average molecular weight is 605 g/mol. The van der Waals surface area contributed by atoms with E-state index in [1.165, 1.54) is 11.3 Å². The van der Waals surface area contributed by atoms with Gasteiger partial charge in [0.05, 0.1) is 34.1 Å². The summed E-state index contributed by atoms with van der Waals surface area (Å²) in [5, 5.41) is 0. The molecule has 1 aromatic heterocycles. The largest absolute Gasteiger partial charge is 0.463 e. The van der Waals surface area contributed by atoms with Crippen molar-refractivity contribution in [3.8, 4) is 0 Å². The Morgan fingerprint density at radius 2 is 1.91 bits per heavy atom. The molecule has 176 valence electrons. The normalized spacial score (nSPS) is 15.7. The van der Waals surface area contributed by atoms with E-state index in [1.807, 2.05) is 67.5 Å². The van der Waals surface area contributed by atoms with E-state index in [0.29, 0.717) is 20.6 Å². The molecule has 0 spiro atoms. The molecule has 6 nitrogen and oxygen atoms in total. The van der Waals surface area contributed by atoms with Crippen LogP contribution in [0.5, 0.6) is 0 Å². The average Bonchev–Trinajstić information content (AvgIpc) is 3.08. The number of fused-ring (bicyclic) bond motifs is 1. The predicted molar refractivity (Wildman–Crippen MR) is 143 cm³/mol. The summed E-state index contributed by atoms with van der Waals surface area (Å²) in [6.45, 7) is 3.79. The van der Waals surface area contributed by atoms with Crippen molar-refractivity contribution in [1.29, 1.82) is 0 Å². The summed E-state index contributed by atoms with van der Waals surface area (Å²) in [5.41, 5.74) is 3.48. The molecule has 0 saturated heterocycles. The van der Waals surface area contributed by atoms with E-state index in [2.05, 4.69) is 36.9 Å². The van der Waals surface area contributed by atoms with Crippen LogP contribution in [0.15, 0.2) is 72.5 Å². The lowest BCUT2D eigenvalue weighted by molar-refractivity contribution is -0.139. The summed E-state index contributed by atoms with van der Waals surface area (Å²) in [4.78, 5) is 33.7. The van der Waals surface area contributed by atoms with Crippen molar-refractivity contribution in [2.45, 2.75) is 19.9 Å². The summed E-state index contributed by atoms with van der Waals surface area (Å²) >= 11 is 8.38. The van der Waals surface area contributed by atoms with E-state index in [4.69, 9.17) is 4.74 Å². The van der Waals surface area contributed by atoms with Gasteiger partial charge in [-0.25, -0.2) is 9.79 Å². The number of thiazole rings is 1. The van der Waals surface area contributed by atoms with Crippen LogP contribution in [0, 0.1) is 0 Å². The molecule has 3 aromatic rings. The Labute approximate surface area is 218 Å². The fourth-order valence-electron chi connectivity index (χ4n) is 3.88. The molecule has 1 aliphatic heterocycles. The van der Waals surface area contributed by atoms with Gasteiger partial charge in [-0.05, 0) is 71.2 Å². The van der Waals surface area contributed by atoms with Gasteiger partial charge in [-0.3, -0.25) is 9.36 Å². The molecule has 0 bridgehead atoms. The van der Waals surface area contributed by atoms with Gasteiger partial charge in [-0.1, -0.05) is 45.5 Å². The molecule has 0 unspecified atom stereocenters. The lowest BCUT2D eigenvalue weighted by Crippen LogP contribution is -2.39. The molecule has 0 N–H and O–H groups in total. The first kappa shape index (κ1) is 24.6. The highest BCUT2D eigenvalue weighted by atomic mass is 79.9. The maximum absolute atomic E-state index is 13.6. The molecule has 4 rings (SSSR count). The Kier molecular flexibility index (Phi) is 7.25. The van der Waals surface area contributed by atoms with E-state index in [0.717, 1.165) is 25.8 Å². The Hall–Kier alpha value is -2.49. The van der Waals surface area contributed by atoms with Crippen molar-refractivity contribution in [2.24, 2.45) is 4.99 Å². The van der Waals surface area contributed by atoms with E-state index in [1.54, 1.807) is 18.4 Å². The highest BCUT2D eigenvalue weighted by molar-refractivity contribution is 9.10. The van der Waals surface area contributed by atoms with Gasteiger partial charge in [0.1, 0.15) is 0 Å². The molecule has 2 heterocycles. The third-order valence-corrected chi connectivity index (χ3v) is 7.60. The first-order valence-electron chi connectivity index (χ1n) is 10.6. The number of hydrogen-bond acceptors (Lipinski definition) is 6. The molecule has 0 fully saturated rings. The van der Waals surface area contributed by atoms with Crippen LogP contribution >= 0.6 is 43.2 Å². The minimum atomic E-state index is -0.617. The zero-order chi connectivity index (χ0) is 24.6. The van der Waals surface area contributed by atoms with Gasteiger partial charge in [0, 0.05) is 23.0 Å². The summed E-state index contributed by atoms with van der Waals surface area (Å²) < 4.78 is 9.33. The summed E-state index contributed by atoms with van der Waals surface area (Å²) in [6.07, 6.45) is 1.86. The van der Waals surface area contributed by atoms with Gasteiger partial charge in [0.25, 0.3) is 5.56 Å². The van der Waals surface area contributed by atoms with Crippen LogP contribution in [-0.4, -0.2) is 31.2 Å². The van der Waals surface area contributed by atoms with E-state index in [-0.39, 0.29) is 12.2 Å². The first-order valence-corrected chi connectivity index (χ1v) is 13.0. The van der Waals surface area contributed by atoms with Crippen LogP contribution in [0.3, 0.4) is 0 Å². The summed E-state index contributed by atoms with van der Waals surface area (Å²) in [7, 11) is 3.95. The van der Waals surface area contributed by atoms with E-state index < -0.39 is 12.0 Å². The van der Waals surface area contributed by atoms with Crippen LogP contribution in [-0.2, 0) is 9.53 Å². The van der Waals surface area contributed by atoms with Crippen LogP contribution in [0.1, 0.15) is 31.0 Å². The highest BCUT2D eigenvalue weighted by Gasteiger charge is 2.33. The van der Waals surface area contributed by atoms with Gasteiger partial charge in [-0.2, -0.15) is 0 Å². The fourth-order valence-corrected chi connectivity index (χ4v) is 5.94. The number of allylic oxidation sites excluding steroid dienone is 1. The molecule has 34 heavy (non-hydrogen) atoms. The van der Waals surface area contributed by atoms with Gasteiger partial charge in [0.2, 0.25) is 0 Å². The van der Waals surface area contributed by atoms with Crippen molar-refractivity contribution in [3.63, 3.8) is 0 Å². The number of nitrogens with zero attached hydrogens (tertiary/aromatic N) is 3. The minimum absolute atomic E-state index is 0.196. The molecule has 0 amide bonds. The van der Waals surface area contributed by atoms with Crippen LogP contribution in [0.25, 0.3) is 6.08 Å². The SMILES string of the molecule is CCOC(=O)C1=C(C)N=c2s/c(=C\c3ccc(N(C)C)c(Br)c3)c(=O)n2[C@H]1c1ccc(Br)cc1. The Bertz CT molecular complexity index is 1470. The quantitative estimate of drug-likeness (QED) is 0.405. The fraction of sp³-hybridized carbons (Fsp3) is 0.240. The number of ether oxygens (including phenoxy) is 1. The summed E-state index contributed by atoms with van der Waals surface area (Å²) in [6, 6.07) is 12.9. The Morgan fingerprint density at radius 3 is 2.53 bits per heavy atom. The molecule has 9 heteroatoms. The van der Waals surface area contributed by atoms with Gasteiger partial charge in [0.15, 0.2) is 4.80 Å². The second kappa shape index (κ2) is 10.0. The molecular formula is C25H23Br2N3O3S. The van der Waals surface area contributed by atoms with Crippen molar-refractivity contribution in [1.82, 2.24) is 4.57 Å². The van der Waals surface area contributed by atoms with Crippen molar-refractivity contribution in [3.05, 3.63) is 93.5 Å². The molecule has 0 saturated carbocycles. The van der Waals surface area contributed by atoms with E-state index in [9.17, 15) is 9.59 Å². The lowest BCUT2D eigenvalue weighted by atomic mass is 9.96. The zero-order valence-electron chi connectivity index (χ0n) is 19.1. The third kappa shape index (κ3) is 4.69. The Balaban J connectivity index is 1.91. The standard InChI is InChI=1S/C25H23Br2N3O3S/c1-5-33-24(32)21-14(2)28-25-30(22(21)16-7-9-17(26)10-8-16)23(31)20(34-25)13-15-6-11-19(29(3)4)18(27)12-15/h6-13,22H,5H2,1-4H3/b20-13-/t22-/m0/s1. The number of esters is 1. The zero-order valence-corrected chi connectivity index (χ0v) is 23.1. The maximum Gasteiger partial charge on any atom is 0.338 e. The number of carbonyl (C=O) groups excluding carboxylic acids is 1. The number of halogens is 2. The van der Waals surface area contributed by atoms with Crippen LogP contribution in [0.2, 0.25) is 0 Å². The number of carbonyl (C=O) groups is 1. The van der Waals surface area contributed by atoms with E-state index >= 15 is 0 Å². The molecule has 1 atom stereocenters. The Morgan fingerprint density at radius 1 is 1.21 bits per heavy atom. The molecule has 0 radical (unpaired) electrons. The molecule has 0 aliphatic carbocycles. The second-order valence-corrected chi connectivity index (χ2v) is 10.7. The van der Waals surface area contributed by atoms with Crippen molar-refractivity contribution >= 4 is 60.9 Å².